The fraction of sp³-hybridized carbons (Fsp3) is 0.500. The van der Waals surface area contributed by atoms with Gasteiger partial charge in [-0.05, 0) is 31.0 Å². The summed E-state index contributed by atoms with van der Waals surface area (Å²) in [5, 5.41) is 2.78. The number of benzene rings is 1. The van der Waals surface area contributed by atoms with E-state index >= 15 is 0 Å². The first-order valence-corrected chi connectivity index (χ1v) is 5.26. The van der Waals surface area contributed by atoms with Gasteiger partial charge in [-0.15, -0.1) is 0 Å². The first-order valence-electron chi connectivity index (χ1n) is 5.26. The first-order chi connectivity index (χ1) is 7.61. The molecule has 0 aliphatic heterocycles. The zero-order chi connectivity index (χ0) is 12.0. The van der Waals surface area contributed by atoms with Gasteiger partial charge < -0.3 is 10.1 Å². The molecule has 0 spiro atoms. The van der Waals surface area contributed by atoms with E-state index in [1.165, 1.54) is 0 Å². The van der Waals surface area contributed by atoms with E-state index in [1.807, 2.05) is 31.2 Å². The van der Waals surface area contributed by atoms with Crippen LogP contribution in [0.5, 0.6) is 5.75 Å². The summed E-state index contributed by atoms with van der Waals surface area (Å²) in [6.07, 6.45) is -1.56. The largest absolute Gasteiger partial charge is 0.497 e. The second-order valence-corrected chi connectivity index (χ2v) is 3.75. The van der Waals surface area contributed by atoms with Crippen molar-refractivity contribution >= 4 is 0 Å². The minimum Gasteiger partial charge on any atom is -0.497 e. The summed E-state index contributed by atoms with van der Waals surface area (Å²) in [4.78, 5) is 0. The van der Waals surface area contributed by atoms with Crippen LogP contribution >= 0.6 is 0 Å². The van der Waals surface area contributed by atoms with Gasteiger partial charge in [0.05, 0.1) is 13.7 Å². The number of nitrogens with one attached hydrogen (secondary N) is 1. The molecule has 0 saturated carbocycles. The Morgan fingerprint density at radius 3 is 2.38 bits per heavy atom. The standard InChI is InChI=1S/C12H17F2NO/c1-9(15-8-12(13)14)7-10-3-5-11(16-2)6-4-10/h3-6,9,12,15H,7-8H2,1-2H3. The number of halogens is 2. The molecule has 1 N–H and O–H groups in total. The molecule has 2 nitrogen and oxygen atoms in total. The molecule has 0 heterocycles. The molecule has 1 unspecified atom stereocenters. The summed E-state index contributed by atoms with van der Waals surface area (Å²) in [5.74, 6) is 0.803. The van der Waals surface area contributed by atoms with Gasteiger partial charge in [0.15, 0.2) is 0 Å². The average Bonchev–Trinajstić information content (AvgIpc) is 2.27. The van der Waals surface area contributed by atoms with Crippen molar-refractivity contribution < 1.29 is 13.5 Å². The number of hydrogen-bond donors (Lipinski definition) is 1. The lowest BCUT2D eigenvalue weighted by Crippen LogP contribution is -2.32. The van der Waals surface area contributed by atoms with Crippen LogP contribution in [0.3, 0.4) is 0 Å². The highest BCUT2D eigenvalue weighted by Crippen LogP contribution is 2.12. The second kappa shape index (κ2) is 6.43. The van der Waals surface area contributed by atoms with Crippen molar-refractivity contribution in [2.45, 2.75) is 25.8 Å². The fourth-order valence-electron chi connectivity index (χ4n) is 1.48. The van der Waals surface area contributed by atoms with Gasteiger partial charge in [-0.2, -0.15) is 0 Å². The molecule has 0 aliphatic rings. The topological polar surface area (TPSA) is 21.3 Å². The summed E-state index contributed by atoms with van der Waals surface area (Å²) in [5.41, 5.74) is 1.11. The van der Waals surface area contributed by atoms with Crippen LogP contribution in [0.4, 0.5) is 8.78 Å². The maximum atomic E-state index is 12.0. The van der Waals surface area contributed by atoms with Gasteiger partial charge in [0.25, 0.3) is 6.43 Å². The molecule has 0 saturated heterocycles. The lowest BCUT2D eigenvalue weighted by molar-refractivity contribution is 0.142. The molecule has 0 radical (unpaired) electrons. The van der Waals surface area contributed by atoms with Crippen LogP contribution in [0.2, 0.25) is 0 Å². The van der Waals surface area contributed by atoms with Crippen molar-refractivity contribution in [3.63, 3.8) is 0 Å². The summed E-state index contributed by atoms with van der Waals surface area (Å²) >= 11 is 0. The molecule has 0 amide bonds. The molecule has 16 heavy (non-hydrogen) atoms. The predicted octanol–water partition coefficient (Wildman–Crippen LogP) is 2.48. The van der Waals surface area contributed by atoms with Crippen molar-refractivity contribution in [3.8, 4) is 5.75 Å². The molecule has 90 valence electrons. The Hall–Kier alpha value is -1.16. The molecule has 1 atom stereocenters. The van der Waals surface area contributed by atoms with Crippen molar-refractivity contribution in [2.75, 3.05) is 13.7 Å². The van der Waals surface area contributed by atoms with E-state index in [0.29, 0.717) is 0 Å². The second-order valence-electron chi connectivity index (χ2n) is 3.75. The first kappa shape index (κ1) is 12.9. The number of ether oxygens (including phenoxy) is 1. The molecule has 1 aromatic rings. The van der Waals surface area contributed by atoms with Gasteiger partial charge in [0, 0.05) is 6.04 Å². The molecule has 1 aromatic carbocycles. The van der Waals surface area contributed by atoms with Crippen LogP contribution in [0.15, 0.2) is 24.3 Å². The zero-order valence-electron chi connectivity index (χ0n) is 9.54. The molecule has 0 aromatic heterocycles. The Labute approximate surface area is 94.6 Å². The van der Waals surface area contributed by atoms with Crippen LogP contribution < -0.4 is 10.1 Å². The molecule has 1 rings (SSSR count). The van der Waals surface area contributed by atoms with E-state index in [9.17, 15) is 8.78 Å². The third kappa shape index (κ3) is 4.57. The SMILES string of the molecule is COc1ccc(CC(C)NCC(F)F)cc1. The van der Waals surface area contributed by atoms with E-state index in [0.717, 1.165) is 17.7 Å². The Bertz CT molecular complexity index is 300. The van der Waals surface area contributed by atoms with E-state index < -0.39 is 6.43 Å². The minimum absolute atomic E-state index is 0.0439. The Balaban J connectivity index is 2.40. The van der Waals surface area contributed by atoms with Crippen molar-refractivity contribution in [1.82, 2.24) is 5.32 Å². The molecular weight excluding hydrogens is 212 g/mol. The Kier molecular flexibility index (Phi) is 5.19. The summed E-state index contributed by atoms with van der Waals surface area (Å²) in [6, 6.07) is 7.67. The van der Waals surface area contributed by atoms with Crippen LogP contribution in [-0.4, -0.2) is 26.1 Å². The summed E-state index contributed by atoms with van der Waals surface area (Å²) < 4.78 is 28.9. The van der Waals surface area contributed by atoms with Gasteiger partial charge in [0.1, 0.15) is 5.75 Å². The van der Waals surface area contributed by atoms with Crippen LogP contribution in [0.25, 0.3) is 0 Å². The summed E-state index contributed by atoms with van der Waals surface area (Å²) in [7, 11) is 1.61. The third-order valence-electron chi connectivity index (χ3n) is 2.32. The van der Waals surface area contributed by atoms with Gasteiger partial charge in [0.2, 0.25) is 0 Å². The van der Waals surface area contributed by atoms with E-state index in [1.54, 1.807) is 7.11 Å². The number of rotatable bonds is 6. The van der Waals surface area contributed by atoms with E-state index in [2.05, 4.69) is 5.32 Å². The van der Waals surface area contributed by atoms with Gasteiger partial charge in [-0.25, -0.2) is 8.78 Å². The molecule has 4 heteroatoms. The van der Waals surface area contributed by atoms with Crippen LogP contribution in [0, 0.1) is 0 Å². The fourth-order valence-corrected chi connectivity index (χ4v) is 1.48. The highest BCUT2D eigenvalue weighted by molar-refractivity contribution is 5.27. The van der Waals surface area contributed by atoms with Gasteiger partial charge in [-0.1, -0.05) is 12.1 Å². The molecule has 0 bridgehead atoms. The minimum atomic E-state index is -2.29. The molecular formula is C12H17F2NO. The number of hydrogen-bond acceptors (Lipinski definition) is 2. The third-order valence-corrected chi connectivity index (χ3v) is 2.32. The number of alkyl halides is 2. The Morgan fingerprint density at radius 2 is 1.88 bits per heavy atom. The van der Waals surface area contributed by atoms with Crippen molar-refractivity contribution in [2.24, 2.45) is 0 Å². The van der Waals surface area contributed by atoms with Crippen LogP contribution in [0.1, 0.15) is 12.5 Å². The maximum absolute atomic E-state index is 12.0. The van der Waals surface area contributed by atoms with Crippen molar-refractivity contribution in [3.05, 3.63) is 29.8 Å². The monoisotopic (exact) mass is 229 g/mol. The van der Waals surface area contributed by atoms with Crippen molar-refractivity contribution in [1.29, 1.82) is 0 Å². The smallest absolute Gasteiger partial charge is 0.250 e. The van der Waals surface area contributed by atoms with Gasteiger partial charge >= 0.3 is 0 Å². The Morgan fingerprint density at radius 1 is 1.25 bits per heavy atom. The number of methoxy groups -OCH3 is 1. The van der Waals surface area contributed by atoms with Gasteiger partial charge in [-0.3, -0.25) is 0 Å². The normalized spacial score (nSPS) is 12.8. The maximum Gasteiger partial charge on any atom is 0.250 e. The zero-order valence-corrected chi connectivity index (χ0v) is 9.54. The lowest BCUT2D eigenvalue weighted by Gasteiger charge is -2.13. The van der Waals surface area contributed by atoms with Crippen LogP contribution in [-0.2, 0) is 6.42 Å². The predicted molar refractivity (Wildman–Crippen MR) is 60.2 cm³/mol. The average molecular weight is 229 g/mol. The highest BCUT2D eigenvalue weighted by Gasteiger charge is 2.07. The molecule has 0 aliphatic carbocycles. The highest BCUT2D eigenvalue weighted by atomic mass is 19.3. The lowest BCUT2D eigenvalue weighted by atomic mass is 10.1. The quantitative estimate of drug-likeness (QED) is 0.809. The van der Waals surface area contributed by atoms with E-state index in [-0.39, 0.29) is 12.6 Å². The molecule has 0 fully saturated rings. The summed E-state index contributed by atoms with van der Waals surface area (Å²) in [6.45, 7) is 1.64. The van der Waals surface area contributed by atoms with E-state index in [4.69, 9.17) is 4.74 Å².